The van der Waals surface area contributed by atoms with Crippen LogP contribution in [0.25, 0.3) is 0 Å². The fourth-order valence-electron chi connectivity index (χ4n) is 2.59. The summed E-state index contributed by atoms with van der Waals surface area (Å²) in [4.78, 5) is 13.3. The number of carbonyl (C=O) groups is 1. The Bertz CT molecular complexity index is 356. The van der Waals surface area contributed by atoms with E-state index in [0.717, 1.165) is 19.3 Å². The predicted molar refractivity (Wildman–Crippen MR) is 75.7 cm³/mol. The number of alkyl halides is 3. The molecule has 0 heterocycles. The number of amides is 1. The Hall–Kier alpha value is -0.820. The molecule has 3 N–H and O–H groups in total. The van der Waals surface area contributed by atoms with Crippen LogP contribution in [0.2, 0.25) is 0 Å². The fraction of sp³-hybridized carbons (Fsp3) is 0.929. The molecule has 0 bridgehead atoms. The standard InChI is InChI=1S/C14H26F3N3O/c1-4-7-19-13(12(18)21,11-5-6-11)8-20(10(2)3)9-14(15,16)17/h10-11,19H,4-9H2,1-3H3,(H2,18,21). The third kappa shape index (κ3) is 5.14. The van der Waals surface area contributed by atoms with E-state index in [4.69, 9.17) is 5.73 Å². The minimum Gasteiger partial charge on any atom is -0.368 e. The van der Waals surface area contributed by atoms with Crippen molar-refractivity contribution in [2.45, 2.75) is 57.8 Å². The van der Waals surface area contributed by atoms with Crippen molar-refractivity contribution in [2.75, 3.05) is 19.6 Å². The van der Waals surface area contributed by atoms with Gasteiger partial charge in [0.2, 0.25) is 5.91 Å². The van der Waals surface area contributed by atoms with Crippen molar-refractivity contribution in [3.63, 3.8) is 0 Å². The maximum Gasteiger partial charge on any atom is 0.401 e. The summed E-state index contributed by atoms with van der Waals surface area (Å²) in [5.41, 5.74) is 4.51. The van der Waals surface area contributed by atoms with Crippen LogP contribution < -0.4 is 11.1 Å². The van der Waals surface area contributed by atoms with Crippen LogP contribution in [0.15, 0.2) is 0 Å². The van der Waals surface area contributed by atoms with E-state index in [1.54, 1.807) is 13.8 Å². The number of carbonyl (C=O) groups excluding carboxylic acids is 1. The van der Waals surface area contributed by atoms with Crippen LogP contribution in [0.3, 0.4) is 0 Å². The van der Waals surface area contributed by atoms with Crippen LogP contribution in [0.4, 0.5) is 13.2 Å². The summed E-state index contributed by atoms with van der Waals surface area (Å²) in [5, 5.41) is 3.13. The summed E-state index contributed by atoms with van der Waals surface area (Å²) in [6, 6.07) is -0.312. The summed E-state index contributed by atoms with van der Waals surface area (Å²) in [5.74, 6) is -0.512. The molecule has 0 aromatic rings. The van der Waals surface area contributed by atoms with Gasteiger partial charge in [-0.1, -0.05) is 6.92 Å². The van der Waals surface area contributed by atoms with E-state index < -0.39 is 24.2 Å². The van der Waals surface area contributed by atoms with Crippen molar-refractivity contribution in [3.05, 3.63) is 0 Å². The number of hydrogen-bond donors (Lipinski definition) is 2. The van der Waals surface area contributed by atoms with Crippen LogP contribution >= 0.6 is 0 Å². The molecule has 7 heteroatoms. The number of primary amides is 1. The highest BCUT2D eigenvalue weighted by Crippen LogP contribution is 2.40. The largest absolute Gasteiger partial charge is 0.401 e. The lowest BCUT2D eigenvalue weighted by atomic mass is 9.90. The molecule has 1 saturated carbocycles. The third-order valence-electron chi connectivity index (χ3n) is 3.97. The summed E-state index contributed by atoms with van der Waals surface area (Å²) in [6.07, 6.45) is -1.83. The number of nitrogens with zero attached hydrogens (tertiary/aromatic N) is 1. The second-order valence-corrected chi connectivity index (χ2v) is 6.15. The Morgan fingerprint density at radius 3 is 2.24 bits per heavy atom. The summed E-state index contributed by atoms with van der Waals surface area (Å²) in [6.45, 7) is 4.89. The molecule has 0 spiro atoms. The van der Waals surface area contributed by atoms with Crippen molar-refractivity contribution >= 4 is 5.91 Å². The number of nitrogens with one attached hydrogen (secondary N) is 1. The molecule has 1 aliphatic rings. The maximum absolute atomic E-state index is 12.7. The Kier molecular flexibility index (Phi) is 6.04. The van der Waals surface area contributed by atoms with Gasteiger partial charge in [-0.25, -0.2) is 0 Å². The van der Waals surface area contributed by atoms with Gasteiger partial charge in [-0.3, -0.25) is 9.69 Å². The fourth-order valence-corrected chi connectivity index (χ4v) is 2.59. The average Bonchev–Trinajstić information content (AvgIpc) is 3.15. The van der Waals surface area contributed by atoms with E-state index in [9.17, 15) is 18.0 Å². The number of halogens is 3. The first-order valence-corrected chi connectivity index (χ1v) is 7.48. The Morgan fingerprint density at radius 2 is 1.90 bits per heavy atom. The first-order valence-electron chi connectivity index (χ1n) is 7.48. The maximum atomic E-state index is 12.7. The van der Waals surface area contributed by atoms with Gasteiger partial charge in [0.25, 0.3) is 0 Å². The number of nitrogens with two attached hydrogens (primary N) is 1. The monoisotopic (exact) mass is 309 g/mol. The number of rotatable bonds is 9. The summed E-state index contributed by atoms with van der Waals surface area (Å²) in [7, 11) is 0. The van der Waals surface area contributed by atoms with Crippen LogP contribution in [-0.2, 0) is 4.79 Å². The van der Waals surface area contributed by atoms with Gasteiger partial charge < -0.3 is 11.1 Å². The normalized spacial score (nSPS) is 19.0. The molecular weight excluding hydrogens is 283 g/mol. The van der Waals surface area contributed by atoms with Crippen molar-refractivity contribution in [1.29, 1.82) is 0 Å². The van der Waals surface area contributed by atoms with E-state index in [1.165, 1.54) is 4.90 Å². The zero-order valence-corrected chi connectivity index (χ0v) is 13.0. The molecule has 1 unspecified atom stereocenters. The van der Waals surface area contributed by atoms with Crippen LogP contribution in [0.1, 0.15) is 40.0 Å². The van der Waals surface area contributed by atoms with Gasteiger partial charge in [0.1, 0.15) is 5.54 Å². The molecule has 1 rings (SSSR count). The van der Waals surface area contributed by atoms with Gasteiger partial charge in [-0.2, -0.15) is 13.2 Å². The van der Waals surface area contributed by atoms with Gasteiger partial charge in [0.15, 0.2) is 0 Å². The average molecular weight is 309 g/mol. The Morgan fingerprint density at radius 1 is 1.33 bits per heavy atom. The van der Waals surface area contributed by atoms with Gasteiger partial charge in [-0.15, -0.1) is 0 Å². The quantitative estimate of drug-likeness (QED) is 0.684. The molecule has 1 aliphatic carbocycles. The molecule has 0 aliphatic heterocycles. The molecule has 1 fully saturated rings. The molecule has 1 amide bonds. The van der Waals surface area contributed by atoms with Crippen molar-refractivity contribution in [3.8, 4) is 0 Å². The van der Waals surface area contributed by atoms with Gasteiger partial charge in [0.05, 0.1) is 6.54 Å². The highest BCUT2D eigenvalue weighted by molar-refractivity contribution is 5.86. The highest BCUT2D eigenvalue weighted by Gasteiger charge is 2.51. The van der Waals surface area contributed by atoms with E-state index in [2.05, 4.69) is 5.32 Å². The van der Waals surface area contributed by atoms with Gasteiger partial charge in [0, 0.05) is 12.6 Å². The molecule has 0 aromatic heterocycles. The Balaban J connectivity index is 2.93. The molecule has 1 atom stereocenters. The zero-order valence-electron chi connectivity index (χ0n) is 13.0. The second-order valence-electron chi connectivity index (χ2n) is 6.15. The van der Waals surface area contributed by atoms with Crippen LogP contribution in [0.5, 0.6) is 0 Å². The number of hydrogen-bond acceptors (Lipinski definition) is 3. The highest BCUT2D eigenvalue weighted by atomic mass is 19.4. The SMILES string of the molecule is CCCNC(CN(CC(F)(F)F)C(C)C)(C(N)=O)C1CC1. The second kappa shape index (κ2) is 6.96. The zero-order chi connectivity index (χ0) is 16.3. The van der Waals surface area contributed by atoms with Crippen LogP contribution in [0, 0.1) is 5.92 Å². The molecule has 0 saturated heterocycles. The van der Waals surface area contributed by atoms with Gasteiger partial charge in [-0.05, 0) is 45.6 Å². The molecule has 21 heavy (non-hydrogen) atoms. The molecule has 0 aromatic carbocycles. The minimum atomic E-state index is -4.29. The lowest BCUT2D eigenvalue weighted by molar-refractivity contribution is -0.154. The lowest BCUT2D eigenvalue weighted by Crippen LogP contribution is -2.64. The molecular formula is C14H26F3N3O. The molecule has 0 radical (unpaired) electrons. The molecule has 4 nitrogen and oxygen atoms in total. The smallest absolute Gasteiger partial charge is 0.368 e. The van der Waals surface area contributed by atoms with Gasteiger partial charge >= 0.3 is 6.18 Å². The molecule has 124 valence electrons. The summed E-state index contributed by atoms with van der Waals surface area (Å²) < 4.78 is 38.2. The van der Waals surface area contributed by atoms with Crippen molar-refractivity contribution in [2.24, 2.45) is 11.7 Å². The van der Waals surface area contributed by atoms with E-state index in [-0.39, 0.29) is 18.5 Å². The summed E-state index contributed by atoms with van der Waals surface area (Å²) >= 11 is 0. The third-order valence-corrected chi connectivity index (χ3v) is 3.97. The van der Waals surface area contributed by atoms with Crippen LogP contribution in [-0.4, -0.2) is 48.2 Å². The van der Waals surface area contributed by atoms with E-state index in [1.807, 2.05) is 6.92 Å². The van der Waals surface area contributed by atoms with Crippen molar-refractivity contribution in [1.82, 2.24) is 10.2 Å². The predicted octanol–water partition coefficient (Wildman–Crippen LogP) is 1.89. The first kappa shape index (κ1) is 18.2. The topological polar surface area (TPSA) is 58.4 Å². The first-order chi connectivity index (χ1) is 9.62. The van der Waals surface area contributed by atoms with E-state index in [0.29, 0.717) is 6.54 Å². The minimum absolute atomic E-state index is 0.00414. The van der Waals surface area contributed by atoms with Crippen molar-refractivity contribution < 1.29 is 18.0 Å². The Labute approximate surface area is 124 Å². The van der Waals surface area contributed by atoms with E-state index >= 15 is 0 Å². The lowest BCUT2D eigenvalue weighted by Gasteiger charge is -2.39.